The van der Waals surface area contributed by atoms with Crippen molar-refractivity contribution in [2.75, 3.05) is 65.7 Å². The van der Waals surface area contributed by atoms with E-state index < -0.39 is 22.2 Å². The summed E-state index contributed by atoms with van der Waals surface area (Å²) >= 11 is 0. The van der Waals surface area contributed by atoms with E-state index in [-0.39, 0.29) is 67.9 Å². The van der Waals surface area contributed by atoms with Crippen LogP contribution < -0.4 is 5.32 Å². The van der Waals surface area contributed by atoms with Gasteiger partial charge < -0.3 is 29.9 Å². The van der Waals surface area contributed by atoms with E-state index in [0.29, 0.717) is 51.5 Å². The molecule has 0 aromatic heterocycles. The summed E-state index contributed by atoms with van der Waals surface area (Å²) in [4.78, 5) is 30.4. The third-order valence-electron chi connectivity index (χ3n) is 8.28. The number of nitrogens with zero attached hydrogens (tertiary/aromatic N) is 3. The molecule has 254 valence electrons. The summed E-state index contributed by atoms with van der Waals surface area (Å²) < 4.78 is 39.7. The second-order valence-corrected chi connectivity index (χ2v) is 14.3. The lowest BCUT2D eigenvalue weighted by Crippen LogP contribution is -2.55. The molecular weight excluding hydrogens is 612 g/mol. The van der Waals surface area contributed by atoms with Crippen LogP contribution in [0.15, 0.2) is 59.5 Å². The lowest BCUT2D eigenvalue weighted by Gasteiger charge is -2.33. The summed E-state index contributed by atoms with van der Waals surface area (Å²) in [6.07, 6.45) is -0.276. The van der Waals surface area contributed by atoms with E-state index in [1.165, 1.54) is 16.4 Å². The number of amides is 2. The molecule has 2 aliphatic heterocycles. The molecule has 2 saturated heterocycles. The van der Waals surface area contributed by atoms with Crippen molar-refractivity contribution >= 4 is 21.8 Å². The first-order valence-corrected chi connectivity index (χ1v) is 17.4. The highest BCUT2D eigenvalue weighted by Crippen LogP contribution is 2.20. The highest BCUT2D eigenvalue weighted by Gasteiger charge is 2.33. The molecule has 2 aromatic rings. The molecular formula is C33H48N4O8S. The van der Waals surface area contributed by atoms with E-state index in [9.17, 15) is 28.2 Å². The van der Waals surface area contributed by atoms with Crippen LogP contribution in [0.25, 0.3) is 0 Å². The molecule has 13 heteroatoms. The van der Waals surface area contributed by atoms with Crippen LogP contribution in [0.4, 0.5) is 0 Å². The van der Waals surface area contributed by atoms with Gasteiger partial charge in [0.25, 0.3) is 0 Å². The minimum absolute atomic E-state index is 0.0351. The maximum Gasteiger partial charge on any atom is 0.243 e. The van der Waals surface area contributed by atoms with Crippen LogP contribution in [0.5, 0.6) is 0 Å². The summed E-state index contributed by atoms with van der Waals surface area (Å²) in [5.41, 5.74) is 1.46. The minimum atomic E-state index is -4.00. The SMILES string of the molecule is CC(C)CN(C[C@@H](O)[C@H](Cc1ccccc1)NC(=O)CN(CC(=O)N1CCOCC1)[C@@H]1CCOC1)S(=O)(=O)c1ccc(CO)cc1. The largest absolute Gasteiger partial charge is 0.392 e. The summed E-state index contributed by atoms with van der Waals surface area (Å²) in [5, 5.41) is 24.0. The van der Waals surface area contributed by atoms with Gasteiger partial charge in [-0.15, -0.1) is 0 Å². The zero-order valence-corrected chi connectivity index (χ0v) is 27.6. The molecule has 0 radical (unpaired) electrons. The molecule has 2 heterocycles. The molecule has 0 bridgehead atoms. The Bertz CT molecular complexity index is 1350. The third kappa shape index (κ3) is 10.3. The number of ether oxygens (including phenoxy) is 2. The fourth-order valence-electron chi connectivity index (χ4n) is 5.73. The Morgan fingerprint density at radius 1 is 0.957 bits per heavy atom. The van der Waals surface area contributed by atoms with Crippen molar-refractivity contribution in [3.05, 3.63) is 65.7 Å². The van der Waals surface area contributed by atoms with E-state index in [2.05, 4.69) is 5.32 Å². The summed E-state index contributed by atoms with van der Waals surface area (Å²) in [5.74, 6) is -0.489. The van der Waals surface area contributed by atoms with Crippen LogP contribution in [0.1, 0.15) is 31.4 Å². The van der Waals surface area contributed by atoms with Crippen LogP contribution in [-0.4, -0.2) is 128 Å². The van der Waals surface area contributed by atoms with Gasteiger partial charge in [-0.25, -0.2) is 8.42 Å². The number of hydrogen-bond donors (Lipinski definition) is 3. The van der Waals surface area contributed by atoms with Crippen LogP contribution in [0, 0.1) is 5.92 Å². The van der Waals surface area contributed by atoms with Crippen LogP contribution in [0.3, 0.4) is 0 Å². The number of aliphatic hydroxyl groups is 2. The molecule has 3 atom stereocenters. The normalized spacial score (nSPS) is 18.7. The lowest BCUT2D eigenvalue weighted by molar-refractivity contribution is -0.137. The average Bonchev–Trinajstić information content (AvgIpc) is 3.60. The zero-order chi connectivity index (χ0) is 33.1. The van der Waals surface area contributed by atoms with Crippen molar-refractivity contribution in [1.29, 1.82) is 0 Å². The van der Waals surface area contributed by atoms with Gasteiger partial charge in [0.15, 0.2) is 0 Å². The Morgan fingerprint density at radius 3 is 2.26 bits per heavy atom. The van der Waals surface area contributed by atoms with E-state index in [1.54, 1.807) is 17.0 Å². The Hall–Kier alpha value is -2.91. The molecule has 2 amide bonds. The molecule has 4 rings (SSSR count). The van der Waals surface area contributed by atoms with Gasteiger partial charge in [0.1, 0.15) is 0 Å². The summed E-state index contributed by atoms with van der Waals surface area (Å²) in [7, 11) is -4.00. The summed E-state index contributed by atoms with van der Waals surface area (Å²) in [6.45, 7) is 6.43. The van der Waals surface area contributed by atoms with Gasteiger partial charge in [0.05, 0.1) is 56.6 Å². The number of sulfonamides is 1. The van der Waals surface area contributed by atoms with Crippen LogP contribution in [0.2, 0.25) is 0 Å². The molecule has 0 unspecified atom stereocenters. The number of carbonyl (C=O) groups excluding carboxylic acids is 2. The monoisotopic (exact) mass is 660 g/mol. The van der Waals surface area contributed by atoms with Gasteiger partial charge in [-0.3, -0.25) is 14.5 Å². The van der Waals surface area contributed by atoms with E-state index in [0.717, 1.165) is 5.56 Å². The third-order valence-corrected chi connectivity index (χ3v) is 10.1. The molecule has 0 saturated carbocycles. The fourth-order valence-corrected chi connectivity index (χ4v) is 7.35. The Labute approximate surface area is 272 Å². The van der Waals surface area contributed by atoms with Crippen molar-refractivity contribution in [3.8, 4) is 0 Å². The number of hydrogen-bond acceptors (Lipinski definition) is 9. The fraction of sp³-hybridized carbons (Fsp3) is 0.576. The molecule has 0 aliphatic carbocycles. The van der Waals surface area contributed by atoms with Crippen molar-refractivity contribution in [2.24, 2.45) is 5.92 Å². The predicted octanol–water partition coefficient (Wildman–Crippen LogP) is 0.864. The van der Waals surface area contributed by atoms with Gasteiger partial charge >= 0.3 is 0 Å². The van der Waals surface area contributed by atoms with Gasteiger partial charge in [-0.2, -0.15) is 4.31 Å². The molecule has 3 N–H and O–H groups in total. The molecule has 2 fully saturated rings. The van der Waals surface area contributed by atoms with E-state index in [4.69, 9.17) is 9.47 Å². The minimum Gasteiger partial charge on any atom is -0.392 e. The molecule has 12 nitrogen and oxygen atoms in total. The maximum atomic E-state index is 13.7. The highest BCUT2D eigenvalue weighted by atomic mass is 32.2. The smallest absolute Gasteiger partial charge is 0.243 e. The summed E-state index contributed by atoms with van der Waals surface area (Å²) in [6, 6.07) is 14.5. The van der Waals surface area contributed by atoms with Crippen LogP contribution in [-0.2, 0) is 42.1 Å². The lowest BCUT2D eigenvalue weighted by atomic mass is 10.0. The molecule has 2 aliphatic rings. The first kappa shape index (κ1) is 35.9. The number of nitrogens with one attached hydrogen (secondary N) is 1. The standard InChI is InChI=1S/C33H48N4O8S/c1-25(2)19-37(46(42,43)29-10-8-27(23-38)9-11-29)20-31(39)30(18-26-6-4-3-5-7-26)34-32(40)21-36(28-12-15-45-24-28)22-33(41)35-13-16-44-17-14-35/h3-11,25,28,30-31,38-39H,12-24H2,1-2H3,(H,34,40)/t28-,30+,31-/m1/s1. The van der Waals surface area contributed by atoms with Gasteiger partial charge in [-0.05, 0) is 42.0 Å². The van der Waals surface area contributed by atoms with Crippen molar-refractivity contribution in [3.63, 3.8) is 0 Å². The van der Waals surface area contributed by atoms with Gasteiger partial charge in [0, 0.05) is 38.8 Å². The number of aliphatic hydroxyl groups excluding tert-OH is 2. The number of rotatable bonds is 16. The second-order valence-electron chi connectivity index (χ2n) is 12.4. The number of morpholine rings is 1. The average molecular weight is 661 g/mol. The second kappa shape index (κ2) is 17.3. The zero-order valence-electron chi connectivity index (χ0n) is 26.8. The molecule has 46 heavy (non-hydrogen) atoms. The topological polar surface area (TPSA) is 149 Å². The van der Waals surface area contributed by atoms with E-state index >= 15 is 0 Å². The first-order chi connectivity index (χ1) is 22.1. The Kier molecular flexibility index (Phi) is 13.5. The van der Waals surface area contributed by atoms with Crippen molar-refractivity contribution in [2.45, 2.75) is 56.4 Å². The first-order valence-electron chi connectivity index (χ1n) is 16.0. The van der Waals surface area contributed by atoms with Crippen LogP contribution >= 0.6 is 0 Å². The van der Waals surface area contributed by atoms with E-state index in [1.807, 2.05) is 49.1 Å². The molecule has 2 aromatic carbocycles. The Balaban J connectivity index is 1.52. The number of carbonyl (C=O) groups is 2. The van der Waals surface area contributed by atoms with Crippen molar-refractivity contribution in [1.82, 2.24) is 19.4 Å². The van der Waals surface area contributed by atoms with Crippen molar-refractivity contribution < 1.29 is 37.7 Å². The molecule has 0 spiro atoms. The predicted molar refractivity (Wildman–Crippen MR) is 172 cm³/mol. The maximum absolute atomic E-state index is 13.7. The Morgan fingerprint density at radius 2 is 1.65 bits per heavy atom. The van der Waals surface area contributed by atoms with Gasteiger partial charge in [-0.1, -0.05) is 56.3 Å². The quantitative estimate of drug-likeness (QED) is 0.239. The number of benzene rings is 2. The van der Waals surface area contributed by atoms with Gasteiger partial charge in [0.2, 0.25) is 21.8 Å². The highest BCUT2D eigenvalue weighted by molar-refractivity contribution is 7.89.